The molecule has 82 valence electrons. The molecule has 1 aromatic rings. The van der Waals surface area contributed by atoms with Crippen molar-refractivity contribution in [3.05, 3.63) is 34.9 Å². The van der Waals surface area contributed by atoms with Crippen LogP contribution in [-0.4, -0.2) is 5.78 Å². The second-order valence-electron chi connectivity index (χ2n) is 2.87. The summed E-state index contributed by atoms with van der Waals surface area (Å²) in [4.78, 5) is 10.8. The predicted molar refractivity (Wildman–Crippen MR) is 41.4 cm³/mol. The molecule has 1 rings (SSSR count). The monoisotopic (exact) mass is 224 g/mol. The second kappa shape index (κ2) is 3.60. The molecular formula is C9H5F5O. The van der Waals surface area contributed by atoms with E-state index in [1.165, 1.54) is 0 Å². The van der Waals surface area contributed by atoms with Crippen molar-refractivity contribution in [2.75, 3.05) is 0 Å². The van der Waals surface area contributed by atoms with Crippen molar-refractivity contribution in [2.45, 2.75) is 13.1 Å². The van der Waals surface area contributed by atoms with Gasteiger partial charge in [-0.1, -0.05) is 0 Å². The Balaban J connectivity index is 3.49. The zero-order valence-corrected chi connectivity index (χ0v) is 7.45. The summed E-state index contributed by atoms with van der Waals surface area (Å²) in [5.74, 6) is -4.08. The normalized spacial score (nSPS) is 11.6. The molecule has 0 N–H and O–H groups in total. The van der Waals surface area contributed by atoms with E-state index in [1.807, 2.05) is 0 Å². The minimum absolute atomic E-state index is 0.0218. The molecule has 1 aromatic carbocycles. The molecule has 0 aliphatic heterocycles. The molecule has 0 saturated heterocycles. The van der Waals surface area contributed by atoms with Gasteiger partial charge < -0.3 is 0 Å². The van der Waals surface area contributed by atoms with Crippen LogP contribution in [0.25, 0.3) is 0 Å². The highest BCUT2D eigenvalue weighted by molar-refractivity contribution is 5.95. The van der Waals surface area contributed by atoms with Gasteiger partial charge in [0.05, 0.1) is 5.56 Å². The second-order valence-corrected chi connectivity index (χ2v) is 2.87. The van der Waals surface area contributed by atoms with E-state index in [4.69, 9.17) is 0 Å². The summed E-state index contributed by atoms with van der Waals surface area (Å²) in [6.45, 7) is 0.849. The van der Waals surface area contributed by atoms with E-state index in [1.54, 1.807) is 0 Å². The summed E-state index contributed by atoms with van der Waals surface area (Å²) >= 11 is 0. The Labute approximate surface area is 81.5 Å². The highest BCUT2D eigenvalue weighted by atomic mass is 19.4. The lowest BCUT2D eigenvalue weighted by molar-refractivity contribution is -0.138. The van der Waals surface area contributed by atoms with Crippen LogP contribution in [0.15, 0.2) is 12.1 Å². The average molecular weight is 224 g/mol. The Bertz CT molecular complexity index is 408. The molecular weight excluding hydrogens is 219 g/mol. The SMILES string of the molecule is CC(=O)c1cc(F)c(F)cc1C(F)(F)F. The number of benzene rings is 1. The van der Waals surface area contributed by atoms with Crippen molar-refractivity contribution in [3.63, 3.8) is 0 Å². The summed E-state index contributed by atoms with van der Waals surface area (Å²) in [5.41, 5.74) is -2.34. The summed E-state index contributed by atoms with van der Waals surface area (Å²) in [6, 6.07) is 0.229. The van der Waals surface area contributed by atoms with Crippen LogP contribution < -0.4 is 0 Å². The van der Waals surface area contributed by atoms with Crippen LogP contribution in [0, 0.1) is 11.6 Å². The molecule has 0 spiro atoms. The number of ketones is 1. The lowest BCUT2D eigenvalue weighted by atomic mass is 10.0. The standard InChI is InChI=1S/C9H5F5O/c1-4(15)5-2-7(10)8(11)3-6(5)9(12,13)14/h2-3H,1H3. The van der Waals surface area contributed by atoms with Gasteiger partial charge in [0.2, 0.25) is 0 Å². The molecule has 6 heteroatoms. The van der Waals surface area contributed by atoms with Gasteiger partial charge in [0.25, 0.3) is 0 Å². The minimum Gasteiger partial charge on any atom is -0.294 e. The number of hydrogen-bond donors (Lipinski definition) is 0. The largest absolute Gasteiger partial charge is 0.417 e. The Morgan fingerprint density at radius 2 is 1.60 bits per heavy atom. The van der Waals surface area contributed by atoms with E-state index in [0.29, 0.717) is 0 Å². The summed E-state index contributed by atoms with van der Waals surface area (Å²) in [6.07, 6.45) is -4.88. The molecule has 0 radical (unpaired) electrons. The van der Waals surface area contributed by atoms with Gasteiger partial charge in [-0.15, -0.1) is 0 Å². The van der Waals surface area contributed by atoms with Crippen molar-refractivity contribution in [1.82, 2.24) is 0 Å². The Morgan fingerprint density at radius 3 is 2.00 bits per heavy atom. The number of halogens is 5. The van der Waals surface area contributed by atoms with Crippen molar-refractivity contribution in [1.29, 1.82) is 0 Å². The van der Waals surface area contributed by atoms with Gasteiger partial charge in [0.15, 0.2) is 17.4 Å². The number of hydrogen-bond acceptors (Lipinski definition) is 1. The minimum atomic E-state index is -4.88. The van der Waals surface area contributed by atoms with Gasteiger partial charge in [-0.25, -0.2) is 8.78 Å². The molecule has 0 saturated carbocycles. The van der Waals surface area contributed by atoms with Gasteiger partial charge >= 0.3 is 6.18 Å². The first kappa shape index (κ1) is 11.6. The molecule has 1 nitrogen and oxygen atoms in total. The van der Waals surface area contributed by atoms with Crippen LogP contribution in [0.5, 0.6) is 0 Å². The molecule has 0 fully saturated rings. The lowest BCUT2D eigenvalue weighted by Crippen LogP contribution is -2.13. The summed E-state index contributed by atoms with van der Waals surface area (Å²) < 4.78 is 62.0. The van der Waals surface area contributed by atoms with Crippen molar-refractivity contribution >= 4 is 5.78 Å². The van der Waals surface area contributed by atoms with Crippen LogP contribution in [0.2, 0.25) is 0 Å². The quantitative estimate of drug-likeness (QED) is 0.528. The van der Waals surface area contributed by atoms with Gasteiger partial charge in [-0.05, 0) is 19.1 Å². The molecule has 0 aliphatic carbocycles. The van der Waals surface area contributed by atoms with Crippen molar-refractivity contribution < 1.29 is 26.7 Å². The Morgan fingerprint density at radius 1 is 1.13 bits per heavy atom. The fraction of sp³-hybridized carbons (Fsp3) is 0.222. The molecule has 0 bridgehead atoms. The predicted octanol–water partition coefficient (Wildman–Crippen LogP) is 3.19. The van der Waals surface area contributed by atoms with Crippen LogP contribution >= 0.6 is 0 Å². The number of Topliss-reactive ketones (excluding diaryl/α,β-unsaturated/α-hetero) is 1. The summed E-state index contributed by atoms with van der Waals surface area (Å²) in [5, 5.41) is 0. The van der Waals surface area contributed by atoms with Gasteiger partial charge in [-0.3, -0.25) is 4.79 Å². The van der Waals surface area contributed by atoms with Crippen LogP contribution in [0.3, 0.4) is 0 Å². The van der Waals surface area contributed by atoms with E-state index in [0.717, 1.165) is 6.92 Å². The molecule has 0 aliphatic rings. The number of alkyl halides is 3. The van der Waals surface area contributed by atoms with E-state index < -0.39 is 34.7 Å². The van der Waals surface area contributed by atoms with Crippen LogP contribution in [0.4, 0.5) is 22.0 Å². The fourth-order valence-corrected chi connectivity index (χ4v) is 1.07. The fourth-order valence-electron chi connectivity index (χ4n) is 1.07. The average Bonchev–Trinajstić information content (AvgIpc) is 2.06. The number of carbonyl (C=O) groups is 1. The smallest absolute Gasteiger partial charge is 0.294 e. The van der Waals surface area contributed by atoms with Gasteiger partial charge in [0, 0.05) is 5.56 Å². The third kappa shape index (κ3) is 2.31. The topological polar surface area (TPSA) is 17.1 Å². The van der Waals surface area contributed by atoms with E-state index in [2.05, 4.69) is 0 Å². The number of rotatable bonds is 1. The van der Waals surface area contributed by atoms with Crippen molar-refractivity contribution in [2.24, 2.45) is 0 Å². The highest BCUT2D eigenvalue weighted by Crippen LogP contribution is 2.33. The molecule has 0 aromatic heterocycles. The highest BCUT2D eigenvalue weighted by Gasteiger charge is 2.35. The first-order chi connectivity index (χ1) is 6.73. The first-order valence-electron chi connectivity index (χ1n) is 3.80. The molecule has 0 amide bonds. The first-order valence-corrected chi connectivity index (χ1v) is 3.80. The van der Waals surface area contributed by atoms with Gasteiger partial charge in [0.1, 0.15) is 0 Å². The van der Waals surface area contributed by atoms with E-state index >= 15 is 0 Å². The molecule has 0 unspecified atom stereocenters. The van der Waals surface area contributed by atoms with Crippen LogP contribution in [0.1, 0.15) is 22.8 Å². The van der Waals surface area contributed by atoms with Crippen LogP contribution in [-0.2, 0) is 6.18 Å². The maximum Gasteiger partial charge on any atom is 0.417 e. The molecule has 0 heterocycles. The third-order valence-electron chi connectivity index (χ3n) is 1.75. The molecule has 15 heavy (non-hydrogen) atoms. The van der Waals surface area contributed by atoms with Gasteiger partial charge in [-0.2, -0.15) is 13.2 Å². The van der Waals surface area contributed by atoms with Crippen molar-refractivity contribution in [3.8, 4) is 0 Å². The van der Waals surface area contributed by atoms with E-state index in [-0.39, 0.29) is 12.1 Å². The Hall–Kier alpha value is -1.46. The van der Waals surface area contributed by atoms with E-state index in [9.17, 15) is 26.7 Å². The third-order valence-corrected chi connectivity index (χ3v) is 1.75. The lowest BCUT2D eigenvalue weighted by Gasteiger charge is -2.11. The maximum atomic E-state index is 12.6. The zero-order chi connectivity index (χ0) is 11.8. The Kier molecular flexibility index (Phi) is 2.79. The molecule has 0 atom stereocenters. The zero-order valence-electron chi connectivity index (χ0n) is 7.45. The maximum absolute atomic E-state index is 12.6. The summed E-state index contributed by atoms with van der Waals surface area (Å²) in [7, 11) is 0. The number of carbonyl (C=O) groups excluding carboxylic acids is 1.